The number of rotatable bonds is 9. The van der Waals surface area contributed by atoms with Gasteiger partial charge >= 0.3 is 11.9 Å². The summed E-state index contributed by atoms with van der Waals surface area (Å²) in [5, 5.41) is 17.2. The molecule has 18 heavy (non-hydrogen) atoms. The number of aliphatic carboxylic acids is 2. The van der Waals surface area contributed by atoms with Gasteiger partial charge in [-0.25, -0.2) is 9.59 Å². The van der Waals surface area contributed by atoms with E-state index in [1.165, 1.54) is 12.2 Å². The highest BCUT2D eigenvalue weighted by atomic mass is 16.5. The Hall–Kier alpha value is -1.66. The smallest absolute Gasteiger partial charge is 0.328 e. The third-order valence-corrected chi connectivity index (χ3v) is 1.96. The molecule has 0 aromatic carbocycles. The molecular formula is C12H18O6. The first-order chi connectivity index (χ1) is 8.45. The molecule has 0 unspecified atom stereocenters. The first-order valence-electron chi connectivity index (χ1n) is 5.51. The molecule has 102 valence electrons. The zero-order valence-corrected chi connectivity index (χ0v) is 10.5. The number of carboxylic acids is 2. The Kier molecular flexibility index (Phi) is 7.66. The predicted molar refractivity (Wildman–Crippen MR) is 64.4 cm³/mol. The zero-order valence-electron chi connectivity index (χ0n) is 10.5. The Balaban J connectivity index is 5.11. The highest BCUT2D eigenvalue weighted by Crippen LogP contribution is 2.17. The second kappa shape index (κ2) is 8.43. The van der Waals surface area contributed by atoms with Crippen LogP contribution in [-0.2, 0) is 19.1 Å². The van der Waals surface area contributed by atoms with Crippen LogP contribution in [0.1, 0.15) is 13.8 Å². The van der Waals surface area contributed by atoms with Crippen molar-refractivity contribution in [3.05, 3.63) is 24.3 Å². The SMILES string of the molecule is CCOCC(C=CC(=O)O)(C=CC(=O)O)OCC. The molecule has 6 nitrogen and oxygen atoms in total. The molecule has 0 aromatic heterocycles. The van der Waals surface area contributed by atoms with Gasteiger partial charge in [0.1, 0.15) is 5.60 Å². The fourth-order valence-electron chi connectivity index (χ4n) is 1.24. The molecular weight excluding hydrogens is 240 g/mol. The van der Waals surface area contributed by atoms with Crippen LogP contribution in [0.3, 0.4) is 0 Å². The van der Waals surface area contributed by atoms with Crippen LogP contribution in [0.4, 0.5) is 0 Å². The third-order valence-electron chi connectivity index (χ3n) is 1.96. The monoisotopic (exact) mass is 258 g/mol. The maximum Gasteiger partial charge on any atom is 0.328 e. The Morgan fingerprint density at radius 2 is 1.56 bits per heavy atom. The van der Waals surface area contributed by atoms with Crippen LogP contribution in [0, 0.1) is 0 Å². The molecule has 0 saturated carbocycles. The summed E-state index contributed by atoms with van der Waals surface area (Å²) in [4.78, 5) is 21.1. The van der Waals surface area contributed by atoms with Gasteiger partial charge in [-0.2, -0.15) is 0 Å². The molecule has 0 aliphatic carbocycles. The number of carboxylic acid groups (broad SMARTS) is 2. The van der Waals surface area contributed by atoms with Crippen LogP contribution >= 0.6 is 0 Å². The van der Waals surface area contributed by atoms with Gasteiger partial charge in [-0.15, -0.1) is 0 Å². The summed E-state index contributed by atoms with van der Waals surface area (Å²) >= 11 is 0. The zero-order chi connectivity index (χ0) is 14.0. The van der Waals surface area contributed by atoms with E-state index in [-0.39, 0.29) is 6.61 Å². The fourth-order valence-corrected chi connectivity index (χ4v) is 1.24. The molecule has 0 rings (SSSR count). The molecule has 2 N–H and O–H groups in total. The van der Waals surface area contributed by atoms with E-state index in [0.29, 0.717) is 13.2 Å². The number of carbonyl (C=O) groups is 2. The van der Waals surface area contributed by atoms with E-state index in [9.17, 15) is 9.59 Å². The van der Waals surface area contributed by atoms with Crippen LogP contribution in [0.2, 0.25) is 0 Å². The van der Waals surface area contributed by atoms with Crippen molar-refractivity contribution in [2.45, 2.75) is 19.4 Å². The van der Waals surface area contributed by atoms with Gasteiger partial charge < -0.3 is 19.7 Å². The minimum Gasteiger partial charge on any atom is -0.478 e. The Bertz CT molecular complexity index is 307. The molecule has 0 heterocycles. The lowest BCUT2D eigenvalue weighted by atomic mass is 10.0. The molecule has 6 heteroatoms. The normalized spacial score (nSPS) is 15.0. The van der Waals surface area contributed by atoms with Crippen LogP contribution in [0.15, 0.2) is 24.3 Å². The Morgan fingerprint density at radius 1 is 1.06 bits per heavy atom. The molecule has 0 aliphatic rings. The summed E-state index contributed by atoms with van der Waals surface area (Å²) in [6.45, 7) is 4.25. The lowest BCUT2D eigenvalue weighted by molar-refractivity contribution is -0.132. The van der Waals surface area contributed by atoms with Crippen LogP contribution in [0.5, 0.6) is 0 Å². The Labute approximate surface area is 106 Å². The first kappa shape index (κ1) is 16.3. The minimum absolute atomic E-state index is 0.0465. The van der Waals surface area contributed by atoms with E-state index in [0.717, 1.165) is 12.2 Å². The summed E-state index contributed by atoms with van der Waals surface area (Å²) in [6.07, 6.45) is 4.35. The molecule has 0 bridgehead atoms. The summed E-state index contributed by atoms with van der Waals surface area (Å²) < 4.78 is 10.6. The van der Waals surface area contributed by atoms with E-state index in [4.69, 9.17) is 19.7 Å². The van der Waals surface area contributed by atoms with Gasteiger partial charge in [0.15, 0.2) is 0 Å². The average Bonchev–Trinajstić information content (AvgIpc) is 2.31. The van der Waals surface area contributed by atoms with E-state index >= 15 is 0 Å². The van der Waals surface area contributed by atoms with Gasteiger partial charge in [0.2, 0.25) is 0 Å². The van der Waals surface area contributed by atoms with Crippen molar-refractivity contribution >= 4 is 11.9 Å². The summed E-state index contributed by atoms with van der Waals surface area (Å²) in [5.41, 5.74) is -1.18. The van der Waals surface area contributed by atoms with Crippen molar-refractivity contribution in [3.8, 4) is 0 Å². The summed E-state index contributed by atoms with van der Waals surface area (Å²) in [5.74, 6) is -2.28. The maximum atomic E-state index is 10.5. The molecule has 0 saturated heterocycles. The highest BCUT2D eigenvalue weighted by molar-refractivity contribution is 5.81. The van der Waals surface area contributed by atoms with Gasteiger partial charge in [-0.1, -0.05) is 0 Å². The molecule has 0 aromatic rings. The van der Waals surface area contributed by atoms with Gasteiger partial charge in [-0.05, 0) is 26.0 Å². The second-order valence-corrected chi connectivity index (χ2v) is 3.37. The van der Waals surface area contributed by atoms with Crippen molar-refractivity contribution in [2.24, 2.45) is 0 Å². The van der Waals surface area contributed by atoms with Crippen LogP contribution in [0.25, 0.3) is 0 Å². The van der Waals surface area contributed by atoms with E-state index in [1.807, 2.05) is 0 Å². The van der Waals surface area contributed by atoms with Crippen molar-refractivity contribution in [1.82, 2.24) is 0 Å². The molecule has 0 aliphatic heterocycles. The summed E-state index contributed by atoms with van der Waals surface area (Å²) in [6, 6.07) is 0. The first-order valence-corrected chi connectivity index (χ1v) is 5.51. The summed E-state index contributed by atoms with van der Waals surface area (Å²) in [7, 11) is 0. The number of ether oxygens (including phenoxy) is 2. The molecule has 0 fully saturated rings. The predicted octanol–water partition coefficient (Wildman–Crippen LogP) is 1.08. The highest BCUT2D eigenvalue weighted by Gasteiger charge is 2.25. The largest absolute Gasteiger partial charge is 0.478 e. The number of hydrogen-bond acceptors (Lipinski definition) is 4. The van der Waals surface area contributed by atoms with E-state index in [1.54, 1.807) is 13.8 Å². The minimum atomic E-state index is -1.18. The molecule has 0 amide bonds. The van der Waals surface area contributed by atoms with Crippen molar-refractivity contribution in [1.29, 1.82) is 0 Å². The fraction of sp³-hybridized carbons (Fsp3) is 0.500. The van der Waals surface area contributed by atoms with Crippen LogP contribution < -0.4 is 0 Å². The van der Waals surface area contributed by atoms with Gasteiger partial charge in [0.25, 0.3) is 0 Å². The van der Waals surface area contributed by atoms with Gasteiger partial charge in [0, 0.05) is 25.4 Å². The van der Waals surface area contributed by atoms with Crippen LogP contribution in [-0.4, -0.2) is 47.6 Å². The third kappa shape index (κ3) is 6.82. The van der Waals surface area contributed by atoms with E-state index < -0.39 is 17.5 Å². The maximum absolute atomic E-state index is 10.5. The lowest BCUT2D eigenvalue weighted by Crippen LogP contribution is -2.34. The topological polar surface area (TPSA) is 93.1 Å². The second-order valence-electron chi connectivity index (χ2n) is 3.37. The average molecular weight is 258 g/mol. The van der Waals surface area contributed by atoms with Gasteiger partial charge in [0.05, 0.1) is 6.61 Å². The Morgan fingerprint density at radius 3 is 1.89 bits per heavy atom. The van der Waals surface area contributed by atoms with E-state index in [2.05, 4.69) is 0 Å². The quantitative estimate of drug-likeness (QED) is 0.601. The van der Waals surface area contributed by atoms with Crippen molar-refractivity contribution in [2.75, 3.05) is 19.8 Å². The van der Waals surface area contributed by atoms with Gasteiger partial charge in [-0.3, -0.25) is 0 Å². The van der Waals surface area contributed by atoms with Crippen molar-refractivity contribution < 1.29 is 29.3 Å². The standard InChI is InChI=1S/C12H18O6/c1-3-17-9-12(18-4-2,7-5-10(13)14)8-6-11(15)16/h5-8H,3-4,9H2,1-2H3,(H,13,14)(H,15,16). The molecule has 0 spiro atoms. The number of hydrogen-bond donors (Lipinski definition) is 2. The molecule has 0 radical (unpaired) electrons. The van der Waals surface area contributed by atoms with Crippen molar-refractivity contribution in [3.63, 3.8) is 0 Å². The lowest BCUT2D eigenvalue weighted by Gasteiger charge is -2.26. The molecule has 0 atom stereocenters.